The van der Waals surface area contributed by atoms with Crippen molar-refractivity contribution in [1.29, 1.82) is 0 Å². The van der Waals surface area contributed by atoms with Crippen LogP contribution in [-0.4, -0.2) is 35.4 Å². The Hall–Kier alpha value is -1.46. The van der Waals surface area contributed by atoms with E-state index in [0.29, 0.717) is 25.0 Å². The SMILES string of the molecule is C[C@H]1CCCC[C@H]1NC(=O)CN(C)Cc1nc2ccccc2s1. The van der Waals surface area contributed by atoms with Gasteiger partial charge in [-0.25, -0.2) is 4.98 Å². The highest BCUT2D eigenvalue weighted by molar-refractivity contribution is 7.18. The molecule has 1 aromatic carbocycles. The molecule has 1 amide bonds. The van der Waals surface area contributed by atoms with Gasteiger partial charge < -0.3 is 5.32 Å². The van der Waals surface area contributed by atoms with Crippen LogP contribution in [0.4, 0.5) is 0 Å². The second-order valence-corrected chi connectivity index (χ2v) is 7.80. The van der Waals surface area contributed by atoms with Gasteiger partial charge in [-0.05, 0) is 37.9 Å². The molecule has 0 spiro atoms. The van der Waals surface area contributed by atoms with Crippen molar-refractivity contribution >= 4 is 27.5 Å². The maximum Gasteiger partial charge on any atom is 0.234 e. The summed E-state index contributed by atoms with van der Waals surface area (Å²) in [6.07, 6.45) is 4.88. The average Bonchev–Trinajstić information content (AvgIpc) is 2.91. The van der Waals surface area contributed by atoms with Gasteiger partial charge in [-0.1, -0.05) is 31.9 Å². The van der Waals surface area contributed by atoms with E-state index in [-0.39, 0.29) is 5.91 Å². The minimum Gasteiger partial charge on any atom is -0.352 e. The third kappa shape index (κ3) is 4.30. The molecule has 0 bridgehead atoms. The summed E-state index contributed by atoms with van der Waals surface area (Å²) in [7, 11) is 1.98. The molecule has 0 unspecified atom stereocenters. The van der Waals surface area contributed by atoms with Crippen LogP contribution in [0.1, 0.15) is 37.6 Å². The first-order valence-electron chi connectivity index (χ1n) is 8.44. The first-order chi connectivity index (χ1) is 11.1. The number of amides is 1. The highest BCUT2D eigenvalue weighted by atomic mass is 32.1. The predicted molar refractivity (Wildman–Crippen MR) is 95.5 cm³/mol. The number of nitrogens with zero attached hydrogens (tertiary/aromatic N) is 2. The third-order valence-corrected chi connectivity index (χ3v) is 5.64. The smallest absolute Gasteiger partial charge is 0.234 e. The molecule has 124 valence electrons. The standard InChI is InChI=1S/C18H25N3OS/c1-13-7-3-4-8-14(13)19-17(22)11-21(2)12-18-20-15-9-5-6-10-16(15)23-18/h5-6,9-10,13-14H,3-4,7-8,11-12H2,1-2H3,(H,19,22)/t13-,14+/m0/s1. The van der Waals surface area contributed by atoms with Gasteiger partial charge in [0.05, 0.1) is 23.3 Å². The number of rotatable bonds is 5. The van der Waals surface area contributed by atoms with E-state index in [2.05, 4.69) is 23.3 Å². The highest BCUT2D eigenvalue weighted by Crippen LogP contribution is 2.24. The fourth-order valence-corrected chi connectivity index (χ4v) is 4.35. The second-order valence-electron chi connectivity index (χ2n) is 6.68. The molecular formula is C18H25N3OS. The number of fused-ring (bicyclic) bond motifs is 1. The molecule has 1 saturated carbocycles. The Balaban J connectivity index is 1.52. The molecule has 4 nitrogen and oxygen atoms in total. The van der Waals surface area contributed by atoms with Crippen LogP contribution in [0.25, 0.3) is 10.2 Å². The van der Waals surface area contributed by atoms with E-state index < -0.39 is 0 Å². The van der Waals surface area contributed by atoms with Gasteiger partial charge in [-0.3, -0.25) is 9.69 Å². The number of thiazole rings is 1. The molecule has 2 aromatic rings. The van der Waals surface area contributed by atoms with Crippen molar-refractivity contribution < 1.29 is 4.79 Å². The lowest BCUT2D eigenvalue weighted by molar-refractivity contribution is -0.123. The van der Waals surface area contributed by atoms with Crippen LogP contribution in [0.15, 0.2) is 24.3 Å². The number of aromatic nitrogens is 1. The van der Waals surface area contributed by atoms with Crippen molar-refractivity contribution in [2.45, 2.75) is 45.2 Å². The summed E-state index contributed by atoms with van der Waals surface area (Å²) < 4.78 is 1.20. The summed E-state index contributed by atoms with van der Waals surface area (Å²) in [5.74, 6) is 0.731. The Labute approximate surface area is 141 Å². The van der Waals surface area contributed by atoms with E-state index in [0.717, 1.165) is 16.9 Å². The number of hydrogen-bond donors (Lipinski definition) is 1. The van der Waals surface area contributed by atoms with E-state index in [1.54, 1.807) is 11.3 Å². The largest absolute Gasteiger partial charge is 0.352 e. The Morgan fingerprint density at radius 1 is 1.35 bits per heavy atom. The molecule has 3 rings (SSSR count). The maximum atomic E-state index is 12.3. The van der Waals surface area contributed by atoms with Crippen LogP contribution in [0.3, 0.4) is 0 Å². The molecule has 1 N–H and O–H groups in total. The monoisotopic (exact) mass is 331 g/mol. The molecule has 5 heteroatoms. The fraction of sp³-hybridized carbons (Fsp3) is 0.556. The predicted octanol–water partition coefficient (Wildman–Crippen LogP) is 3.42. The maximum absolute atomic E-state index is 12.3. The third-order valence-electron chi connectivity index (χ3n) is 4.61. The quantitative estimate of drug-likeness (QED) is 0.913. The molecule has 0 aliphatic heterocycles. The van der Waals surface area contributed by atoms with Crippen molar-refractivity contribution in [2.75, 3.05) is 13.6 Å². The number of hydrogen-bond acceptors (Lipinski definition) is 4. The van der Waals surface area contributed by atoms with Crippen molar-refractivity contribution in [3.63, 3.8) is 0 Å². The van der Waals surface area contributed by atoms with Gasteiger partial charge >= 0.3 is 0 Å². The minimum absolute atomic E-state index is 0.132. The Bertz CT molecular complexity index is 636. The molecule has 1 aliphatic carbocycles. The zero-order valence-electron chi connectivity index (χ0n) is 13.9. The van der Waals surface area contributed by atoms with Crippen molar-refractivity contribution in [3.8, 4) is 0 Å². The van der Waals surface area contributed by atoms with Crippen molar-refractivity contribution in [3.05, 3.63) is 29.3 Å². The van der Waals surface area contributed by atoms with Gasteiger partial charge in [-0.15, -0.1) is 11.3 Å². The number of likely N-dealkylation sites (N-methyl/N-ethyl adjacent to an activating group) is 1. The first-order valence-corrected chi connectivity index (χ1v) is 9.26. The van der Waals surface area contributed by atoms with Crippen LogP contribution in [-0.2, 0) is 11.3 Å². The molecular weight excluding hydrogens is 306 g/mol. The van der Waals surface area contributed by atoms with Crippen LogP contribution < -0.4 is 5.32 Å². The van der Waals surface area contributed by atoms with E-state index in [9.17, 15) is 4.79 Å². The van der Waals surface area contributed by atoms with Gasteiger partial charge in [0, 0.05) is 6.04 Å². The molecule has 1 aromatic heterocycles. The van der Waals surface area contributed by atoms with E-state index in [1.165, 1.54) is 24.0 Å². The number of benzene rings is 1. The second kappa shape index (κ2) is 7.41. The summed E-state index contributed by atoms with van der Waals surface area (Å²) in [5, 5.41) is 4.28. The topological polar surface area (TPSA) is 45.2 Å². The molecule has 0 saturated heterocycles. The fourth-order valence-electron chi connectivity index (χ4n) is 3.30. The van der Waals surface area contributed by atoms with Crippen molar-refractivity contribution in [2.24, 2.45) is 5.92 Å². The van der Waals surface area contributed by atoms with E-state index >= 15 is 0 Å². The van der Waals surface area contributed by atoms with Gasteiger partial charge in [0.1, 0.15) is 5.01 Å². The zero-order valence-corrected chi connectivity index (χ0v) is 14.7. The summed E-state index contributed by atoms with van der Waals surface area (Å²) in [6.45, 7) is 3.39. The summed E-state index contributed by atoms with van der Waals surface area (Å²) in [6, 6.07) is 8.52. The zero-order chi connectivity index (χ0) is 16.2. The van der Waals surface area contributed by atoms with Crippen LogP contribution in [0.2, 0.25) is 0 Å². The van der Waals surface area contributed by atoms with Gasteiger partial charge in [0.15, 0.2) is 0 Å². The number of para-hydroxylation sites is 1. The summed E-state index contributed by atoms with van der Waals surface area (Å²) >= 11 is 1.70. The normalized spacial score (nSPS) is 21.7. The van der Waals surface area contributed by atoms with Crippen LogP contribution in [0.5, 0.6) is 0 Å². The van der Waals surface area contributed by atoms with E-state index in [4.69, 9.17) is 0 Å². The highest BCUT2D eigenvalue weighted by Gasteiger charge is 2.23. The van der Waals surface area contributed by atoms with Gasteiger partial charge in [0.2, 0.25) is 5.91 Å². The molecule has 2 atom stereocenters. The Kier molecular flexibility index (Phi) is 5.28. The van der Waals surface area contributed by atoms with Crippen LogP contribution >= 0.6 is 11.3 Å². The molecule has 0 radical (unpaired) electrons. The number of nitrogens with one attached hydrogen (secondary N) is 1. The number of carbonyl (C=O) groups excluding carboxylic acids is 1. The molecule has 23 heavy (non-hydrogen) atoms. The number of carbonyl (C=O) groups is 1. The molecule has 1 fully saturated rings. The Morgan fingerprint density at radius 2 is 2.13 bits per heavy atom. The lowest BCUT2D eigenvalue weighted by Gasteiger charge is -2.30. The summed E-state index contributed by atoms with van der Waals surface area (Å²) in [4.78, 5) is 18.9. The summed E-state index contributed by atoms with van der Waals surface area (Å²) in [5.41, 5.74) is 1.04. The Morgan fingerprint density at radius 3 is 2.91 bits per heavy atom. The molecule has 1 aliphatic rings. The first kappa shape index (κ1) is 16.4. The van der Waals surface area contributed by atoms with Crippen LogP contribution in [0, 0.1) is 5.92 Å². The molecule has 1 heterocycles. The lowest BCUT2D eigenvalue weighted by Crippen LogP contribution is -2.44. The lowest BCUT2D eigenvalue weighted by atomic mass is 9.86. The van der Waals surface area contributed by atoms with Crippen molar-refractivity contribution in [1.82, 2.24) is 15.2 Å². The van der Waals surface area contributed by atoms with Gasteiger partial charge in [-0.2, -0.15) is 0 Å². The minimum atomic E-state index is 0.132. The van der Waals surface area contributed by atoms with E-state index in [1.807, 2.05) is 30.1 Å². The average molecular weight is 331 g/mol. The van der Waals surface area contributed by atoms with Gasteiger partial charge in [0.25, 0.3) is 0 Å².